The Morgan fingerprint density at radius 2 is 1.60 bits per heavy atom. The SMILES string of the molecule is c1ccc(CN2CCN(c3ccccc3C3COCCO3)CC2)cc1. The summed E-state index contributed by atoms with van der Waals surface area (Å²) in [5.74, 6) is 0. The normalized spacial score (nSPS) is 22.1. The van der Waals surface area contributed by atoms with Crippen molar-refractivity contribution >= 4 is 5.69 Å². The van der Waals surface area contributed by atoms with E-state index >= 15 is 0 Å². The summed E-state index contributed by atoms with van der Waals surface area (Å²) < 4.78 is 11.5. The zero-order valence-electron chi connectivity index (χ0n) is 14.6. The Bertz CT molecular complexity index is 663. The molecule has 2 saturated heterocycles. The van der Waals surface area contributed by atoms with Crippen LogP contribution in [-0.2, 0) is 16.0 Å². The molecular weight excluding hydrogens is 312 g/mol. The van der Waals surface area contributed by atoms with E-state index in [-0.39, 0.29) is 6.10 Å². The lowest BCUT2D eigenvalue weighted by molar-refractivity contribution is -0.0899. The van der Waals surface area contributed by atoms with Gasteiger partial charge in [-0.1, -0.05) is 48.5 Å². The lowest BCUT2D eigenvalue weighted by atomic mass is 10.1. The number of rotatable bonds is 4. The number of para-hydroxylation sites is 1. The largest absolute Gasteiger partial charge is 0.376 e. The third kappa shape index (κ3) is 4.03. The Morgan fingerprint density at radius 3 is 2.36 bits per heavy atom. The Balaban J connectivity index is 1.41. The lowest BCUT2D eigenvalue weighted by Gasteiger charge is -2.38. The van der Waals surface area contributed by atoms with E-state index in [2.05, 4.69) is 64.4 Å². The van der Waals surface area contributed by atoms with Gasteiger partial charge >= 0.3 is 0 Å². The highest BCUT2D eigenvalue weighted by Gasteiger charge is 2.24. The maximum Gasteiger partial charge on any atom is 0.108 e. The van der Waals surface area contributed by atoms with Crippen molar-refractivity contribution in [2.45, 2.75) is 12.6 Å². The van der Waals surface area contributed by atoms with Crippen molar-refractivity contribution in [1.82, 2.24) is 4.90 Å². The van der Waals surface area contributed by atoms with Crippen LogP contribution in [0.5, 0.6) is 0 Å². The molecule has 0 aliphatic carbocycles. The predicted octanol–water partition coefficient (Wildman–Crippen LogP) is 3.10. The van der Waals surface area contributed by atoms with Gasteiger partial charge in [0.05, 0.1) is 19.8 Å². The van der Waals surface area contributed by atoms with Gasteiger partial charge < -0.3 is 14.4 Å². The van der Waals surface area contributed by atoms with E-state index in [0.717, 1.165) is 32.7 Å². The van der Waals surface area contributed by atoms with Crippen LogP contribution in [-0.4, -0.2) is 50.9 Å². The van der Waals surface area contributed by atoms with Gasteiger partial charge in [0.25, 0.3) is 0 Å². The summed E-state index contributed by atoms with van der Waals surface area (Å²) in [6, 6.07) is 19.4. The molecule has 0 aromatic heterocycles. The van der Waals surface area contributed by atoms with E-state index in [1.807, 2.05) is 0 Å². The molecule has 0 spiro atoms. The highest BCUT2D eigenvalue weighted by molar-refractivity contribution is 5.55. The second-order valence-corrected chi connectivity index (χ2v) is 6.74. The molecule has 0 bridgehead atoms. The number of benzene rings is 2. The van der Waals surface area contributed by atoms with Crippen molar-refractivity contribution in [3.05, 3.63) is 65.7 Å². The van der Waals surface area contributed by atoms with Crippen LogP contribution in [0, 0.1) is 0 Å². The summed E-state index contributed by atoms with van der Waals surface area (Å²) in [5, 5.41) is 0. The van der Waals surface area contributed by atoms with E-state index in [4.69, 9.17) is 9.47 Å². The van der Waals surface area contributed by atoms with Gasteiger partial charge in [-0.15, -0.1) is 0 Å². The average Bonchev–Trinajstić information content (AvgIpc) is 2.70. The fourth-order valence-corrected chi connectivity index (χ4v) is 3.70. The predicted molar refractivity (Wildman–Crippen MR) is 99.9 cm³/mol. The minimum Gasteiger partial charge on any atom is -0.376 e. The highest BCUT2D eigenvalue weighted by atomic mass is 16.6. The first kappa shape index (κ1) is 16.6. The molecule has 0 saturated carbocycles. The van der Waals surface area contributed by atoms with E-state index < -0.39 is 0 Å². The molecule has 2 aromatic carbocycles. The quantitative estimate of drug-likeness (QED) is 0.855. The molecule has 132 valence electrons. The number of hydrogen-bond acceptors (Lipinski definition) is 4. The van der Waals surface area contributed by atoms with Crippen molar-refractivity contribution in [1.29, 1.82) is 0 Å². The first-order chi connectivity index (χ1) is 12.4. The number of piperazine rings is 1. The number of anilines is 1. The summed E-state index contributed by atoms with van der Waals surface area (Å²) in [6.07, 6.45) is 0.0623. The van der Waals surface area contributed by atoms with E-state index in [9.17, 15) is 0 Å². The van der Waals surface area contributed by atoms with Gasteiger partial charge in [-0.05, 0) is 11.6 Å². The van der Waals surface area contributed by atoms with Crippen LogP contribution >= 0.6 is 0 Å². The van der Waals surface area contributed by atoms with Crippen LogP contribution in [0.3, 0.4) is 0 Å². The second kappa shape index (κ2) is 8.00. The molecule has 25 heavy (non-hydrogen) atoms. The van der Waals surface area contributed by atoms with Gasteiger partial charge in [0.15, 0.2) is 0 Å². The van der Waals surface area contributed by atoms with Crippen LogP contribution in [0.1, 0.15) is 17.2 Å². The fourth-order valence-electron chi connectivity index (χ4n) is 3.70. The average molecular weight is 338 g/mol. The van der Waals surface area contributed by atoms with Crippen molar-refractivity contribution in [3.63, 3.8) is 0 Å². The Labute approximate surface area is 150 Å². The molecule has 1 unspecified atom stereocenters. The lowest BCUT2D eigenvalue weighted by Crippen LogP contribution is -2.46. The number of nitrogens with zero attached hydrogens (tertiary/aromatic N) is 2. The molecule has 2 aromatic rings. The molecule has 0 amide bonds. The van der Waals surface area contributed by atoms with Gasteiger partial charge in [0.1, 0.15) is 6.10 Å². The summed E-state index contributed by atoms with van der Waals surface area (Å²) >= 11 is 0. The molecule has 4 nitrogen and oxygen atoms in total. The standard InChI is InChI=1S/C21H26N2O2/c1-2-6-18(7-3-1)16-22-10-12-23(13-11-22)20-9-5-4-8-19(20)21-17-24-14-15-25-21/h1-9,21H,10-17H2. The van der Waals surface area contributed by atoms with Crippen LogP contribution in [0.25, 0.3) is 0 Å². The second-order valence-electron chi connectivity index (χ2n) is 6.74. The number of ether oxygens (including phenoxy) is 2. The molecule has 2 aliphatic rings. The van der Waals surface area contributed by atoms with Crippen molar-refractivity contribution in [2.24, 2.45) is 0 Å². The number of hydrogen-bond donors (Lipinski definition) is 0. The maximum absolute atomic E-state index is 5.93. The molecule has 2 heterocycles. The smallest absolute Gasteiger partial charge is 0.108 e. The van der Waals surface area contributed by atoms with Crippen molar-refractivity contribution < 1.29 is 9.47 Å². The van der Waals surface area contributed by atoms with E-state index in [1.54, 1.807) is 0 Å². The highest BCUT2D eigenvalue weighted by Crippen LogP contribution is 2.31. The third-order valence-electron chi connectivity index (χ3n) is 5.06. The zero-order chi connectivity index (χ0) is 16.9. The zero-order valence-corrected chi connectivity index (χ0v) is 14.6. The van der Waals surface area contributed by atoms with Gasteiger partial charge in [0.2, 0.25) is 0 Å². The first-order valence-corrected chi connectivity index (χ1v) is 9.19. The van der Waals surface area contributed by atoms with Crippen molar-refractivity contribution in [2.75, 3.05) is 50.9 Å². The van der Waals surface area contributed by atoms with E-state index in [0.29, 0.717) is 19.8 Å². The van der Waals surface area contributed by atoms with E-state index in [1.165, 1.54) is 16.8 Å². The van der Waals surface area contributed by atoms with Gasteiger partial charge in [-0.2, -0.15) is 0 Å². The molecule has 0 N–H and O–H groups in total. The van der Waals surface area contributed by atoms with Crippen LogP contribution < -0.4 is 4.90 Å². The summed E-state index contributed by atoms with van der Waals surface area (Å²) in [6.45, 7) is 7.37. The molecule has 1 atom stereocenters. The Kier molecular flexibility index (Phi) is 5.31. The monoisotopic (exact) mass is 338 g/mol. The molecule has 4 rings (SSSR count). The van der Waals surface area contributed by atoms with Crippen molar-refractivity contribution in [3.8, 4) is 0 Å². The summed E-state index contributed by atoms with van der Waals surface area (Å²) in [5.41, 5.74) is 3.96. The van der Waals surface area contributed by atoms with Gasteiger partial charge in [-0.25, -0.2) is 0 Å². The third-order valence-corrected chi connectivity index (χ3v) is 5.06. The maximum atomic E-state index is 5.93. The van der Waals surface area contributed by atoms with Crippen LogP contribution in [0.2, 0.25) is 0 Å². The molecule has 2 fully saturated rings. The van der Waals surface area contributed by atoms with Gasteiger partial charge in [0, 0.05) is 44.0 Å². The molecule has 4 heteroatoms. The Morgan fingerprint density at radius 1 is 0.840 bits per heavy atom. The molecule has 2 aliphatic heterocycles. The first-order valence-electron chi connectivity index (χ1n) is 9.19. The molecular formula is C21H26N2O2. The minimum atomic E-state index is 0.0623. The van der Waals surface area contributed by atoms with Gasteiger partial charge in [-0.3, -0.25) is 4.90 Å². The topological polar surface area (TPSA) is 24.9 Å². The molecule has 0 radical (unpaired) electrons. The Hall–Kier alpha value is -1.88. The summed E-state index contributed by atoms with van der Waals surface area (Å²) in [4.78, 5) is 5.03. The summed E-state index contributed by atoms with van der Waals surface area (Å²) in [7, 11) is 0. The van der Waals surface area contributed by atoms with Crippen LogP contribution in [0.15, 0.2) is 54.6 Å². The minimum absolute atomic E-state index is 0.0623. The van der Waals surface area contributed by atoms with Crippen LogP contribution in [0.4, 0.5) is 5.69 Å². The fraction of sp³-hybridized carbons (Fsp3) is 0.429.